The molecule has 1 aliphatic heterocycles. The minimum Gasteiger partial charge on any atom is -0.377 e. The maximum Gasteiger partial charge on any atom is 0.183 e. The number of benzene rings is 3. The molecule has 0 unspecified atom stereocenters. The van der Waals surface area contributed by atoms with Crippen molar-refractivity contribution in [2.45, 2.75) is 35.5 Å². The Hall–Kier alpha value is -2.19. The molecule has 0 spiro atoms. The van der Waals surface area contributed by atoms with E-state index < -0.39 is 0 Å². The van der Waals surface area contributed by atoms with Gasteiger partial charge in [0.15, 0.2) is 5.13 Å². The minimum absolute atomic E-state index is 0.979. The van der Waals surface area contributed by atoms with Gasteiger partial charge in [-0.1, -0.05) is 48.9 Å². The molecule has 0 fully saturated rings. The largest absolute Gasteiger partial charge is 0.377 e. The topological polar surface area (TPSA) is 40.2 Å². The first-order chi connectivity index (χ1) is 17.2. The molecule has 3 aromatic carbocycles. The van der Waals surface area contributed by atoms with Crippen LogP contribution < -0.4 is 14.9 Å². The fourth-order valence-corrected chi connectivity index (χ4v) is 7.40. The van der Waals surface area contributed by atoms with Crippen molar-refractivity contribution in [2.75, 3.05) is 43.2 Å². The highest BCUT2D eigenvalue weighted by atomic mass is 32.2. The van der Waals surface area contributed by atoms with Crippen LogP contribution in [0.2, 0.25) is 0 Å². The third-order valence-electron chi connectivity index (χ3n) is 6.18. The van der Waals surface area contributed by atoms with Crippen molar-refractivity contribution in [3.63, 3.8) is 0 Å². The normalized spacial score (nSPS) is 12.7. The number of rotatable bonds is 10. The van der Waals surface area contributed by atoms with Crippen molar-refractivity contribution in [3.8, 4) is 11.3 Å². The molecular formula is C28H32N4S3. The van der Waals surface area contributed by atoms with Crippen molar-refractivity contribution in [3.05, 3.63) is 65.5 Å². The van der Waals surface area contributed by atoms with Gasteiger partial charge in [-0.15, -0.1) is 23.1 Å². The van der Waals surface area contributed by atoms with Crippen molar-refractivity contribution in [2.24, 2.45) is 0 Å². The fourth-order valence-electron chi connectivity index (χ4n) is 4.42. The van der Waals surface area contributed by atoms with E-state index in [1.165, 1.54) is 55.2 Å². The molecule has 0 bridgehead atoms. The summed E-state index contributed by atoms with van der Waals surface area (Å²) in [5.74, 6) is 1.13. The summed E-state index contributed by atoms with van der Waals surface area (Å²) in [5, 5.41) is 7.25. The summed E-state index contributed by atoms with van der Waals surface area (Å²) in [5.41, 5.74) is 3.74. The number of thioether (sulfide) groups is 1. The molecule has 1 aromatic heterocycles. The number of anilines is 2. The van der Waals surface area contributed by atoms with Gasteiger partial charge in [-0.05, 0) is 54.8 Å². The van der Waals surface area contributed by atoms with Crippen LogP contribution in [-0.4, -0.2) is 37.9 Å². The number of fused-ring (bicyclic) bond motifs is 4. The average molecular weight is 521 g/mol. The molecule has 1 aliphatic rings. The number of aryl methyl sites for hydroxylation is 1. The van der Waals surface area contributed by atoms with Crippen molar-refractivity contribution in [1.29, 1.82) is 0 Å². The van der Waals surface area contributed by atoms with E-state index in [1.807, 2.05) is 23.1 Å². The van der Waals surface area contributed by atoms with Crippen LogP contribution in [0.4, 0.5) is 10.8 Å². The number of aromatic nitrogens is 1. The Morgan fingerprint density at radius 3 is 2.66 bits per heavy atom. The van der Waals surface area contributed by atoms with Gasteiger partial charge in [0.1, 0.15) is 0 Å². The smallest absolute Gasteiger partial charge is 0.183 e. The van der Waals surface area contributed by atoms with E-state index in [-0.39, 0.29) is 0 Å². The molecule has 0 amide bonds. The van der Waals surface area contributed by atoms with E-state index in [4.69, 9.17) is 4.98 Å². The van der Waals surface area contributed by atoms with Gasteiger partial charge in [-0.2, -0.15) is 0 Å². The molecule has 0 aliphatic carbocycles. The van der Waals surface area contributed by atoms with Crippen molar-refractivity contribution >= 4 is 56.6 Å². The van der Waals surface area contributed by atoms with Crippen LogP contribution in [0.25, 0.3) is 22.0 Å². The van der Waals surface area contributed by atoms with E-state index in [9.17, 15) is 0 Å². The summed E-state index contributed by atoms with van der Waals surface area (Å²) in [6.45, 7) is 1.99. The Bertz CT molecular complexity index is 1280. The second kappa shape index (κ2) is 11.7. The Morgan fingerprint density at radius 2 is 1.74 bits per heavy atom. The van der Waals surface area contributed by atoms with Crippen LogP contribution in [0.3, 0.4) is 0 Å². The lowest BCUT2D eigenvalue weighted by Crippen LogP contribution is -2.09. The predicted octanol–water partition coefficient (Wildman–Crippen LogP) is 7.56. The summed E-state index contributed by atoms with van der Waals surface area (Å²) in [7, 11) is 4.20. The van der Waals surface area contributed by atoms with Gasteiger partial charge in [0, 0.05) is 64.2 Å². The van der Waals surface area contributed by atoms with Gasteiger partial charge in [0.2, 0.25) is 0 Å². The minimum atomic E-state index is 0.979. The maximum atomic E-state index is 4.95. The Labute approximate surface area is 221 Å². The molecule has 2 heterocycles. The van der Waals surface area contributed by atoms with Crippen molar-refractivity contribution < 1.29 is 0 Å². The number of thiazole rings is 1. The first-order valence-corrected chi connectivity index (χ1v) is 14.9. The standard InChI is InChI=1S/C28H32N4S3/c1-32(2)23-13-8-12-21-20(23)11-9-15-25(21)35-30-18-7-3-6-17-29-28-31-27-22-10-4-5-14-24(22)33-19-16-26(27)34-28/h4-5,8-15,30H,3,6-7,16-19H2,1-2H3,(H,29,31). The highest BCUT2D eigenvalue weighted by Crippen LogP contribution is 2.40. The second-order valence-electron chi connectivity index (χ2n) is 8.89. The number of unbranched alkanes of at least 4 members (excludes halogenated alkanes) is 2. The molecule has 0 saturated carbocycles. The van der Waals surface area contributed by atoms with Gasteiger partial charge >= 0.3 is 0 Å². The number of nitrogens with zero attached hydrogens (tertiary/aromatic N) is 2. The third kappa shape index (κ3) is 5.80. The van der Waals surface area contributed by atoms with Gasteiger partial charge in [0.25, 0.3) is 0 Å². The molecule has 4 aromatic rings. The van der Waals surface area contributed by atoms with Gasteiger partial charge < -0.3 is 10.2 Å². The van der Waals surface area contributed by atoms with Crippen LogP contribution in [0.5, 0.6) is 0 Å². The first kappa shape index (κ1) is 24.5. The Balaban J connectivity index is 1.05. The molecule has 182 valence electrons. The summed E-state index contributed by atoms with van der Waals surface area (Å²) >= 11 is 5.52. The summed E-state index contributed by atoms with van der Waals surface area (Å²) < 4.78 is 3.57. The fraction of sp³-hybridized carbons (Fsp3) is 0.321. The zero-order valence-electron chi connectivity index (χ0n) is 20.3. The van der Waals surface area contributed by atoms with E-state index >= 15 is 0 Å². The molecule has 0 radical (unpaired) electrons. The second-order valence-corrected chi connectivity index (χ2v) is 12.0. The zero-order valence-corrected chi connectivity index (χ0v) is 22.8. The predicted molar refractivity (Wildman–Crippen MR) is 156 cm³/mol. The Kier molecular flexibility index (Phi) is 8.19. The average Bonchev–Trinajstić information content (AvgIpc) is 3.20. The van der Waals surface area contributed by atoms with Crippen LogP contribution in [0, 0.1) is 0 Å². The lowest BCUT2D eigenvalue weighted by molar-refractivity contribution is 0.691. The van der Waals surface area contributed by atoms with E-state index in [0.717, 1.165) is 36.8 Å². The molecule has 7 heteroatoms. The molecule has 4 nitrogen and oxygen atoms in total. The number of hydrogen-bond donors (Lipinski definition) is 2. The lowest BCUT2D eigenvalue weighted by Gasteiger charge is -2.16. The Morgan fingerprint density at radius 1 is 0.914 bits per heavy atom. The molecule has 2 N–H and O–H groups in total. The quantitative estimate of drug-likeness (QED) is 0.166. The van der Waals surface area contributed by atoms with Crippen LogP contribution in [0.15, 0.2) is 70.5 Å². The van der Waals surface area contributed by atoms with E-state index in [1.54, 1.807) is 11.9 Å². The van der Waals surface area contributed by atoms with Crippen LogP contribution in [-0.2, 0) is 6.42 Å². The third-order valence-corrected chi connectivity index (χ3v) is 9.25. The zero-order chi connectivity index (χ0) is 24.0. The molecule has 0 atom stereocenters. The molecule has 0 saturated heterocycles. The van der Waals surface area contributed by atoms with E-state index in [2.05, 4.69) is 89.7 Å². The van der Waals surface area contributed by atoms with Gasteiger partial charge in [0.05, 0.1) is 5.69 Å². The SMILES string of the molecule is CN(C)c1cccc2c(SNCCCCCNc3nc4c(s3)CCSc3ccccc3-4)cccc12. The van der Waals surface area contributed by atoms with Gasteiger partial charge in [-0.3, -0.25) is 4.72 Å². The monoisotopic (exact) mass is 520 g/mol. The lowest BCUT2D eigenvalue weighted by atomic mass is 10.1. The summed E-state index contributed by atoms with van der Waals surface area (Å²) in [6, 6.07) is 21.8. The summed E-state index contributed by atoms with van der Waals surface area (Å²) in [6.07, 6.45) is 4.63. The molecular weight excluding hydrogens is 489 g/mol. The number of hydrogen-bond acceptors (Lipinski definition) is 7. The van der Waals surface area contributed by atoms with Crippen LogP contribution in [0.1, 0.15) is 24.1 Å². The van der Waals surface area contributed by atoms with E-state index in [0.29, 0.717) is 0 Å². The summed E-state index contributed by atoms with van der Waals surface area (Å²) in [4.78, 5) is 11.2. The molecule has 35 heavy (non-hydrogen) atoms. The van der Waals surface area contributed by atoms with Gasteiger partial charge in [-0.25, -0.2) is 4.98 Å². The van der Waals surface area contributed by atoms with Crippen molar-refractivity contribution in [1.82, 2.24) is 9.71 Å². The highest BCUT2D eigenvalue weighted by Gasteiger charge is 2.19. The molecule has 5 rings (SSSR count). The highest BCUT2D eigenvalue weighted by molar-refractivity contribution is 7.99. The number of nitrogens with one attached hydrogen (secondary N) is 2. The van der Waals surface area contributed by atoms with Crippen LogP contribution >= 0.6 is 35.0 Å². The maximum absolute atomic E-state index is 4.95. The first-order valence-electron chi connectivity index (χ1n) is 12.3.